The lowest BCUT2D eigenvalue weighted by molar-refractivity contribution is -0.136. The fourth-order valence-electron chi connectivity index (χ4n) is 1.84. The van der Waals surface area contributed by atoms with Gasteiger partial charge in [-0.25, -0.2) is 0 Å². The molecule has 1 saturated heterocycles. The highest BCUT2D eigenvalue weighted by molar-refractivity contribution is 6.19. The van der Waals surface area contributed by atoms with E-state index < -0.39 is 0 Å². The van der Waals surface area contributed by atoms with Crippen LogP contribution >= 0.6 is 11.6 Å². The zero-order valence-corrected chi connectivity index (χ0v) is 10.0. The van der Waals surface area contributed by atoms with Crippen LogP contribution < -0.4 is 0 Å². The van der Waals surface area contributed by atoms with Gasteiger partial charge in [0.05, 0.1) is 0 Å². The van der Waals surface area contributed by atoms with E-state index in [-0.39, 0.29) is 11.8 Å². The van der Waals surface area contributed by atoms with Crippen molar-refractivity contribution in [3.05, 3.63) is 0 Å². The first-order valence-corrected chi connectivity index (χ1v) is 5.94. The Bertz CT molecular complexity index is 207. The second-order valence-corrected chi connectivity index (χ2v) is 4.89. The van der Waals surface area contributed by atoms with Crippen molar-refractivity contribution < 1.29 is 4.79 Å². The van der Waals surface area contributed by atoms with Gasteiger partial charge in [-0.05, 0) is 18.3 Å². The van der Waals surface area contributed by atoms with Gasteiger partial charge >= 0.3 is 0 Å². The Balaban J connectivity index is 2.50. The van der Waals surface area contributed by atoms with Gasteiger partial charge in [0.25, 0.3) is 0 Å². The maximum absolute atomic E-state index is 11.8. The summed E-state index contributed by atoms with van der Waals surface area (Å²) < 4.78 is 0. The Morgan fingerprint density at radius 3 is 2.64 bits per heavy atom. The van der Waals surface area contributed by atoms with E-state index in [9.17, 15) is 4.79 Å². The smallest absolute Gasteiger partial charge is 0.226 e. The van der Waals surface area contributed by atoms with Crippen LogP contribution in [-0.4, -0.2) is 29.8 Å². The minimum atomic E-state index is -0.0303. The Hall–Kier alpha value is -0.240. The van der Waals surface area contributed by atoms with Crippen molar-refractivity contribution in [3.8, 4) is 0 Å². The molecule has 1 aliphatic rings. The molecule has 0 aromatic carbocycles. The number of alkyl halides is 1. The van der Waals surface area contributed by atoms with Crippen molar-refractivity contribution in [1.82, 2.24) is 4.90 Å². The Morgan fingerprint density at radius 1 is 1.50 bits per heavy atom. The zero-order valence-electron chi connectivity index (χ0n) is 9.29. The van der Waals surface area contributed by atoms with E-state index in [0.29, 0.717) is 11.8 Å². The van der Waals surface area contributed by atoms with E-state index in [2.05, 4.69) is 13.8 Å². The van der Waals surface area contributed by atoms with Gasteiger partial charge in [-0.2, -0.15) is 0 Å². The number of hydrogen-bond donors (Lipinski definition) is 0. The molecule has 14 heavy (non-hydrogen) atoms. The van der Waals surface area contributed by atoms with E-state index in [1.807, 2.05) is 11.8 Å². The van der Waals surface area contributed by atoms with Crippen molar-refractivity contribution >= 4 is 17.5 Å². The van der Waals surface area contributed by atoms with Crippen LogP contribution in [0.1, 0.15) is 27.2 Å². The molecule has 0 bridgehead atoms. The summed E-state index contributed by atoms with van der Waals surface area (Å²) in [7, 11) is 0. The number of rotatable bonds is 2. The van der Waals surface area contributed by atoms with Gasteiger partial charge in [0.2, 0.25) is 5.91 Å². The highest BCUT2D eigenvalue weighted by Crippen LogP contribution is 2.23. The van der Waals surface area contributed by atoms with E-state index in [1.165, 1.54) is 0 Å². The molecule has 1 rings (SSSR count). The van der Waals surface area contributed by atoms with Crippen LogP contribution in [0.4, 0.5) is 0 Å². The summed E-state index contributed by atoms with van der Waals surface area (Å²) >= 11 is 5.68. The average Bonchev–Trinajstić information content (AvgIpc) is 2.20. The maximum Gasteiger partial charge on any atom is 0.226 e. The third kappa shape index (κ3) is 2.63. The fraction of sp³-hybridized carbons (Fsp3) is 0.909. The first kappa shape index (κ1) is 11.8. The molecule has 1 fully saturated rings. The fourth-order valence-corrected chi connectivity index (χ4v) is 1.97. The van der Waals surface area contributed by atoms with Crippen LogP contribution in [0.2, 0.25) is 0 Å². The lowest BCUT2D eigenvalue weighted by Crippen LogP contribution is -2.44. The summed E-state index contributed by atoms with van der Waals surface area (Å²) in [5.74, 6) is 1.98. The highest BCUT2D eigenvalue weighted by Gasteiger charge is 2.27. The molecule has 1 aliphatic heterocycles. The summed E-state index contributed by atoms with van der Waals surface area (Å²) in [4.78, 5) is 13.8. The first-order valence-electron chi connectivity index (χ1n) is 5.41. The van der Waals surface area contributed by atoms with Crippen LogP contribution in [0.15, 0.2) is 0 Å². The molecule has 2 nitrogen and oxygen atoms in total. The van der Waals surface area contributed by atoms with Gasteiger partial charge in [-0.15, -0.1) is 11.6 Å². The van der Waals surface area contributed by atoms with Crippen LogP contribution in [0.25, 0.3) is 0 Å². The number of carbonyl (C=O) groups excluding carboxylic acids is 1. The molecule has 3 atom stereocenters. The predicted octanol–water partition coefficient (Wildman–Crippen LogP) is 2.37. The molecule has 1 amide bonds. The van der Waals surface area contributed by atoms with E-state index in [4.69, 9.17) is 11.6 Å². The van der Waals surface area contributed by atoms with E-state index >= 15 is 0 Å². The Labute approximate surface area is 91.6 Å². The zero-order chi connectivity index (χ0) is 10.7. The standard InChI is InChI=1S/C11H20ClNO/c1-8-4-5-13(7-10(8)3)11(14)9(2)6-12/h8-10H,4-7H2,1-3H3. The summed E-state index contributed by atoms with van der Waals surface area (Å²) in [5, 5.41) is 0. The van der Waals surface area contributed by atoms with Gasteiger partial charge in [-0.1, -0.05) is 20.8 Å². The predicted molar refractivity (Wildman–Crippen MR) is 59.4 cm³/mol. The topological polar surface area (TPSA) is 20.3 Å². The summed E-state index contributed by atoms with van der Waals surface area (Å²) in [6.07, 6.45) is 1.13. The summed E-state index contributed by atoms with van der Waals surface area (Å²) in [6, 6.07) is 0. The second kappa shape index (κ2) is 5.01. The number of nitrogens with zero attached hydrogens (tertiary/aromatic N) is 1. The number of hydrogen-bond acceptors (Lipinski definition) is 1. The molecular weight excluding hydrogens is 198 g/mol. The monoisotopic (exact) mass is 217 g/mol. The number of piperidine rings is 1. The normalized spacial score (nSPS) is 30.1. The number of halogens is 1. The van der Waals surface area contributed by atoms with Crippen LogP contribution in [0.5, 0.6) is 0 Å². The Morgan fingerprint density at radius 2 is 2.14 bits per heavy atom. The van der Waals surface area contributed by atoms with Crippen molar-refractivity contribution in [2.75, 3.05) is 19.0 Å². The number of likely N-dealkylation sites (tertiary alicyclic amines) is 1. The minimum absolute atomic E-state index is 0.0303. The summed E-state index contributed by atoms with van der Waals surface area (Å²) in [5.41, 5.74) is 0. The van der Waals surface area contributed by atoms with Gasteiger partial charge in [0, 0.05) is 24.9 Å². The molecule has 0 radical (unpaired) electrons. The first-order chi connectivity index (χ1) is 6.56. The third-order valence-corrected chi connectivity index (χ3v) is 3.76. The lowest BCUT2D eigenvalue weighted by atomic mass is 9.88. The van der Waals surface area contributed by atoms with Crippen molar-refractivity contribution in [2.45, 2.75) is 27.2 Å². The highest BCUT2D eigenvalue weighted by atomic mass is 35.5. The van der Waals surface area contributed by atoms with Gasteiger partial charge in [0.1, 0.15) is 0 Å². The third-order valence-electron chi connectivity index (χ3n) is 3.30. The van der Waals surface area contributed by atoms with Crippen LogP contribution in [0.3, 0.4) is 0 Å². The van der Waals surface area contributed by atoms with Gasteiger partial charge < -0.3 is 4.90 Å². The minimum Gasteiger partial charge on any atom is -0.342 e. The lowest BCUT2D eigenvalue weighted by Gasteiger charge is -2.36. The summed E-state index contributed by atoms with van der Waals surface area (Å²) in [6.45, 7) is 8.19. The number of carbonyl (C=O) groups is 1. The van der Waals surface area contributed by atoms with Crippen molar-refractivity contribution in [1.29, 1.82) is 0 Å². The van der Waals surface area contributed by atoms with Gasteiger partial charge in [-0.3, -0.25) is 4.79 Å². The van der Waals surface area contributed by atoms with Crippen LogP contribution in [-0.2, 0) is 4.79 Å². The second-order valence-electron chi connectivity index (χ2n) is 4.58. The average molecular weight is 218 g/mol. The molecule has 0 aliphatic carbocycles. The molecule has 3 unspecified atom stereocenters. The molecule has 1 heterocycles. The SMILES string of the molecule is CC(CCl)C(=O)N1CCC(C)C(C)C1. The maximum atomic E-state index is 11.8. The largest absolute Gasteiger partial charge is 0.342 e. The van der Waals surface area contributed by atoms with Crippen molar-refractivity contribution in [3.63, 3.8) is 0 Å². The molecular formula is C11H20ClNO. The molecule has 82 valence electrons. The molecule has 0 aromatic rings. The molecule has 0 aromatic heterocycles. The van der Waals surface area contributed by atoms with E-state index in [1.54, 1.807) is 0 Å². The number of amides is 1. The Kier molecular flexibility index (Phi) is 4.24. The molecule has 0 N–H and O–H groups in total. The van der Waals surface area contributed by atoms with Gasteiger partial charge in [0.15, 0.2) is 0 Å². The quantitative estimate of drug-likeness (QED) is 0.651. The van der Waals surface area contributed by atoms with E-state index in [0.717, 1.165) is 25.4 Å². The van der Waals surface area contributed by atoms with Crippen molar-refractivity contribution in [2.24, 2.45) is 17.8 Å². The molecule has 0 saturated carbocycles. The molecule has 0 spiro atoms. The van der Waals surface area contributed by atoms with Crippen LogP contribution in [0, 0.1) is 17.8 Å². The molecule has 3 heteroatoms.